The summed E-state index contributed by atoms with van der Waals surface area (Å²) in [6, 6.07) is 16.1. The number of benzene rings is 2. The second kappa shape index (κ2) is 7.92. The Bertz CT molecular complexity index is 711. The fourth-order valence-electron chi connectivity index (χ4n) is 2.25. The second-order valence-corrected chi connectivity index (χ2v) is 4.84. The summed E-state index contributed by atoms with van der Waals surface area (Å²) in [5.74, 6) is 0. The molecule has 0 amide bonds. The minimum absolute atomic E-state index is 0.0349. The smallest absolute Gasteiger partial charge is 0.287 e. The zero-order chi connectivity index (χ0) is 16.7. The minimum Gasteiger partial charge on any atom is -0.382 e. The van der Waals surface area contributed by atoms with Gasteiger partial charge >= 0.3 is 0 Å². The van der Waals surface area contributed by atoms with Crippen molar-refractivity contribution in [3.8, 4) is 6.07 Å². The first-order valence-corrected chi connectivity index (χ1v) is 7.24. The van der Waals surface area contributed by atoms with E-state index in [1.165, 1.54) is 12.1 Å². The maximum Gasteiger partial charge on any atom is 0.287 e. The highest BCUT2D eigenvalue weighted by atomic mass is 16.6. The average Bonchev–Trinajstić information content (AvgIpc) is 2.58. The van der Waals surface area contributed by atoms with Gasteiger partial charge in [0, 0.05) is 24.9 Å². The van der Waals surface area contributed by atoms with Crippen molar-refractivity contribution in [3.05, 3.63) is 69.8 Å². The summed E-state index contributed by atoms with van der Waals surface area (Å²) in [7, 11) is 0. The van der Waals surface area contributed by atoms with E-state index in [-0.39, 0.29) is 17.4 Å². The van der Waals surface area contributed by atoms with Crippen LogP contribution < -0.4 is 5.32 Å². The number of rotatable bonds is 7. The predicted molar refractivity (Wildman–Crippen MR) is 87.1 cm³/mol. The van der Waals surface area contributed by atoms with Gasteiger partial charge in [0.05, 0.1) is 11.0 Å². The molecular weight excluding hydrogens is 294 g/mol. The van der Waals surface area contributed by atoms with Crippen LogP contribution in [0.2, 0.25) is 0 Å². The van der Waals surface area contributed by atoms with Crippen LogP contribution in [0.5, 0.6) is 0 Å². The normalized spacial score (nSPS) is 11.5. The molecule has 0 saturated heterocycles. The number of ether oxygens (including phenoxy) is 1. The van der Waals surface area contributed by atoms with Crippen LogP contribution in [0, 0.1) is 21.4 Å². The van der Waals surface area contributed by atoms with Crippen LogP contribution in [0.4, 0.5) is 11.4 Å². The molecule has 0 heterocycles. The Hall–Kier alpha value is -2.91. The third-order valence-corrected chi connectivity index (χ3v) is 3.34. The summed E-state index contributed by atoms with van der Waals surface area (Å²) in [5.41, 5.74) is 1.53. The molecule has 0 fully saturated rings. The summed E-state index contributed by atoms with van der Waals surface area (Å²) >= 11 is 0. The molecule has 118 valence electrons. The van der Waals surface area contributed by atoms with Gasteiger partial charge in [-0.1, -0.05) is 30.3 Å². The van der Waals surface area contributed by atoms with E-state index in [0.29, 0.717) is 18.8 Å². The molecule has 0 aliphatic rings. The number of hydrogen-bond donors (Lipinski definition) is 1. The van der Waals surface area contributed by atoms with E-state index in [2.05, 4.69) is 5.32 Å². The lowest BCUT2D eigenvalue weighted by Crippen LogP contribution is -2.16. The van der Waals surface area contributed by atoms with Crippen molar-refractivity contribution >= 4 is 11.4 Å². The monoisotopic (exact) mass is 311 g/mol. The quantitative estimate of drug-likeness (QED) is 0.622. The number of nitrogens with one attached hydrogen (secondary N) is 1. The highest BCUT2D eigenvalue weighted by Crippen LogP contribution is 2.23. The van der Waals surface area contributed by atoms with Gasteiger partial charge in [-0.05, 0) is 24.6 Å². The topological polar surface area (TPSA) is 88.2 Å². The molecular formula is C17H17N3O3. The zero-order valence-corrected chi connectivity index (χ0v) is 12.7. The molecule has 0 radical (unpaired) electrons. The van der Waals surface area contributed by atoms with Crippen molar-refractivity contribution in [2.24, 2.45) is 0 Å². The van der Waals surface area contributed by atoms with Crippen LogP contribution in [0.15, 0.2) is 48.5 Å². The van der Waals surface area contributed by atoms with E-state index < -0.39 is 4.92 Å². The molecule has 0 aliphatic carbocycles. The van der Waals surface area contributed by atoms with E-state index in [1.807, 2.05) is 43.3 Å². The number of nitrogens with zero attached hydrogens (tertiary/aromatic N) is 2. The number of nitro groups is 1. The van der Waals surface area contributed by atoms with E-state index in [9.17, 15) is 10.1 Å². The lowest BCUT2D eigenvalue weighted by molar-refractivity contribution is -0.385. The lowest BCUT2D eigenvalue weighted by atomic mass is 10.1. The maximum atomic E-state index is 10.8. The van der Waals surface area contributed by atoms with Gasteiger partial charge in [-0.3, -0.25) is 10.1 Å². The van der Waals surface area contributed by atoms with Gasteiger partial charge in [-0.2, -0.15) is 5.26 Å². The van der Waals surface area contributed by atoms with Gasteiger partial charge in [0.2, 0.25) is 0 Å². The van der Waals surface area contributed by atoms with Gasteiger partial charge in [0.1, 0.15) is 11.6 Å². The van der Waals surface area contributed by atoms with Crippen molar-refractivity contribution in [1.82, 2.24) is 0 Å². The van der Waals surface area contributed by atoms with Crippen molar-refractivity contribution in [2.45, 2.75) is 13.0 Å². The Balaban J connectivity index is 2.12. The largest absolute Gasteiger partial charge is 0.382 e. The van der Waals surface area contributed by atoms with Crippen LogP contribution in [-0.4, -0.2) is 18.1 Å². The van der Waals surface area contributed by atoms with Gasteiger partial charge in [-0.25, -0.2) is 0 Å². The molecule has 6 nitrogen and oxygen atoms in total. The van der Waals surface area contributed by atoms with Crippen LogP contribution in [0.1, 0.15) is 24.2 Å². The Morgan fingerprint density at radius 3 is 2.65 bits per heavy atom. The SMILES string of the molecule is CCOC(CNc1ccc([N+](=O)[O-])c(C#N)c1)c1ccccc1. The van der Waals surface area contributed by atoms with Gasteiger partial charge in [0.25, 0.3) is 5.69 Å². The maximum absolute atomic E-state index is 10.8. The Labute approximate surface area is 134 Å². The summed E-state index contributed by atoms with van der Waals surface area (Å²) in [4.78, 5) is 10.3. The van der Waals surface area contributed by atoms with Gasteiger partial charge in [0.15, 0.2) is 0 Å². The molecule has 2 aromatic rings. The summed E-state index contributed by atoms with van der Waals surface area (Å²) in [6.07, 6.45) is -0.137. The first kappa shape index (κ1) is 16.5. The molecule has 0 saturated carbocycles. The van der Waals surface area contributed by atoms with E-state index in [4.69, 9.17) is 10.00 Å². The molecule has 2 rings (SSSR count). The van der Waals surface area contributed by atoms with E-state index in [1.54, 1.807) is 6.07 Å². The number of hydrogen-bond acceptors (Lipinski definition) is 5. The van der Waals surface area contributed by atoms with Gasteiger partial charge < -0.3 is 10.1 Å². The first-order valence-electron chi connectivity index (χ1n) is 7.24. The van der Waals surface area contributed by atoms with E-state index >= 15 is 0 Å². The summed E-state index contributed by atoms with van der Waals surface area (Å²) in [5, 5.41) is 23.0. The van der Waals surface area contributed by atoms with E-state index in [0.717, 1.165) is 5.56 Å². The van der Waals surface area contributed by atoms with Crippen LogP contribution in [0.25, 0.3) is 0 Å². The summed E-state index contributed by atoms with van der Waals surface area (Å²) < 4.78 is 5.73. The zero-order valence-electron chi connectivity index (χ0n) is 12.7. The van der Waals surface area contributed by atoms with Gasteiger partial charge in [-0.15, -0.1) is 0 Å². The second-order valence-electron chi connectivity index (χ2n) is 4.84. The van der Waals surface area contributed by atoms with Crippen molar-refractivity contribution in [2.75, 3.05) is 18.5 Å². The molecule has 23 heavy (non-hydrogen) atoms. The molecule has 2 aromatic carbocycles. The first-order chi connectivity index (χ1) is 11.2. The molecule has 6 heteroatoms. The minimum atomic E-state index is -0.560. The highest BCUT2D eigenvalue weighted by Gasteiger charge is 2.15. The Morgan fingerprint density at radius 2 is 2.04 bits per heavy atom. The third-order valence-electron chi connectivity index (χ3n) is 3.34. The molecule has 1 atom stereocenters. The standard InChI is InChI=1S/C17H17N3O3/c1-2-23-17(13-6-4-3-5-7-13)12-19-15-8-9-16(20(21)22)14(10-15)11-18/h3-10,17,19H,2,12H2,1H3. The van der Waals surface area contributed by atoms with Crippen molar-refractivity contribution in [1.29, 1.82) is 5.26 Å². The van der Waals surface area contributed by atoms with Crippen molar-refractivity contribution < 1.29 is 9.66 Å². The number of anilines is 1. The molecule has 0 spiro atoms. The van der Waals surface area contributed by atoms with Crippen LogP contribution in [0.3, 0.4) is 0 Å². The molecule has 0 aromatic heterocycles. The Kier molecular flexibility index (Phi) is 5.67. The number of nitro benzene ring substituents is 1. The summed E-state index contributed by atoms with van der Waals surface area (Å²) in [6.45, 7) is 3.00. The Morgan fingerprint density at radius 1 is 1.30 bits per heavy atom. The molecule has 1 N–H and O–H groups in total. The fraction of sp³-hybridized carbons (Fsp3) is 0.235. The fourth-order valence-corrected chi connectivity index (χ4v) is 2.25. The van der Waals surface area contributed by atoms with Crippen LogP contribution >= 0.6 is 0 Å². The highest BCUT2D eigenvalue weighted by molar-refractivity contribution is 5.58. The van der Waals surface area contributed by atoms with Crippen LogP contribution in [-0.2, 0) is 4.74 Å². The predicted octanol–water partition coefficient (Wildman–Crippen LogP) is 3.66. The average molecular weight is 311 g/mol. The van der Waals surface area contributed by atoms with Crippen molar-refractivity contribution in [3.63, 3.8) is 0 Å². The molecule has 1 unspecified atom stereocenters. The molecule has 0 aliphatic heterocycles. The lowest BCUT2D eigenvalue weighted by Gasteiger charge is -2.19. The number of nitriles is 1. The molecule has 0 bridgehead atoms. The third kappa shape index (κ3) is 4.28.